The first-order valence-corrected chi connectivity index (χ1v) is 15.8. The van der Waals surface area contributed by atoms with Crippen LogP contribution in [-0.4, -0.2) is 79.5 Å². The maximum Gasteiger partial charge on any atom is 0.343 e. The Hall–Kier alpha value is -3.66. The molecule has 45 heavy (non-hydrogen) atoms. The van der Waals surface area contributed by atoms with Crippen LogP contribution in [0.1, 0.15) is 45.6 Å². The number of allylic oxidation sites excluding steroid dienone is 2. The number of carbonyl (C=O) groups is 2. The molecule has 0 bridgehead atoms. The summed E-state index contributed by atoms with van der Waals surface area (Å²) in [4.78, 5) is 36.4. The first-order valence-electron chi connectivity index (χ1n) is 15.8. The number of hydrogen-bond donors (Lipinski definition) is 3. The second kappa shape index (κ2) is 13.4. The number of rotatable bonds is 10. The normalized spacial score (nSPS) is 32.8. The SMILES string of the molecule is C=C1C(NC(C)C(=O)CC2=NCC=N2)CC2C(C1/C=C/C1=CC(=C\c3ccc(N(C)C)cc3)/OC1=O)[C@H](C)C[C@@H](O)[C@@]2(C)CO. The third kappa shape index (κ3) is 6.81. The summed E-state index contributed by atoms with van der Waals surface area (Å²) < 4.78 is 5.58. The highest BCUT2D eigenvalue weighted by molar-refractivity contribution is 6.07. The van der Waals surface area contributed by atoms with Crippen molar-refractivity contribution in [3.05, 3.63) is 71.5 Å². The number of Topliss-reactive ketones (excluding diaryl/α,β-unsaturated/α-hetero) is 1. The van der Waals surface area contributed by atoms with Gasteiger partial charge in [0.15, 0.2) is 5.78 Å². The van der Waals surface area contributed by atoms with Crippen LogP contribution in [0.4, 0.5) is 5.69 Å². The molecule has 0 saturated heterocycles. The number of cyclic esters (lactones) is 1. The summed E-state index contributed by atoms with van der Waals surface area (Å²) in [6, 6.07) is 7.28. The molecule has 8 atom stereocenters. The van der Waals surface area contributed by atoms with Crippen LogP contribution in [0.3, 0.4) is 0 Å². The van der Waals surface area contributed by atoms with E-state index in [-0.39, 0.29) is 48.5 Å². The van der Waals surface area contributed by atoms with Crippen molar-refractivity contribution in [3.8, 4) is 0 Å². The fourth-order valence-electron chi connectivity index (χ4n) is 7.40. The zero-order valence-electron chi connectivity index (χ0n) is 26.9. The molecule has 0 aromatic heterocycles. The molecular formula is C36H46N4O5. The number of ketones is 1. The molecule has 4 aliphatic rings. The van der Waals surface area contributed by atoms with Crippen molar-refractivity contribution in [3.63, 3.8) is 0 Å². The van der Waals surface area contributed by atoms with Gasteiger partial charge >= 0.3 is 5.97 Å². The van der Waals surface area contributed by atoms with E-state index in [9.17, 15) is 19.8 Å². The smallest absolute Gasteiger partial charge is 0.343 e. The molecule has 1 aromatic carbocycles. The number of ether oxygens (including phenoxy) is 1. The molecule has 2 heterocycles. The number of nitrogens with zero attached hydrogens (tertiary/aromatic N) is 3. The van der Waals surface area contributed by atoms with Crippen LogP contribution in [0.5, 0.6) is 0 Å². The van der Waals surface area contributed by atoms with E-state index in [0.717, 1.165) is 16.8 Å². The monoisotopic (exact) mass is 614 g/mol. The highest BCUT2D eigenvalue weighted by Crippen LogP contribution is 2.56. The zero-order valence-corrected chi connectivity index (χ0v) is 26.9. The first kappa shape index (κ1) is 32.7. The maximum atomic E-state index is 13.1. The molecule has 240 valence electrons. The van der Waals surface area contributed by atoms with Gasteiger partial charge in [-0.05, 0) is 67.4 Å². The van der Waals surface area contributed by atoms with E-state index in [1.165, 1.54) is 0 Å². The number of nitrogens with one attached hydrogen (secondary N) is 1. The number of carbonyl (C=O) groups excluding carboxylic acids is 2. The Labute approximate surface area is 266 Å². The fraction of sp³-hybridized carbons (Fsp3) is 0.500. The van der Waals surface area contributed by atoms with E-state index in [0.29, 0.717) is 36.6 Å². The van der Waals surface area contributed by atoms with Crippen LogP contribution in [-0.2, 0) is 14.3 Å². The van der Waals surface area contributed by atoms with Crippen LogP contribution < -0.4 is 10.2 Å². The van der Waals surface area contributed by atoms with Gasteiger partial charge in [-0.1, -0.05) is 50.3 Å². The van der Waals surface area contributed by atoms with Gasteiger partial charge in [0.25, 0.3) is 0 Å². The molecule has 5 unspecified atom stereocenters. The number of aliphatic hydroxyl groups is 2. The van der Waals surface area contributed by atoms with E-state index < -0.39 is 23.5 Å². The number of esters is 1. The number of benzene rings is 1. The van der Waals surface area contributed by atoms with Crippen LogP contribution >= 0.6 is 0 Å². The van der Waals surface area contributed by atoms with Gasteiger partial charge < -0.3 is 25.2 Å². The number of anilines is 1. The molecule has 5 rings (SSSR count). The summed E-state index contributed by atoms with van der Waals surface area (Å²) in [6.45, 7) is 10.8. The second-order valence-electron chi connectivity index (χ2n) is 13.4. The molecule has 1 aromatic rings. The van der Waals surface area contributed by atoms with Crippen LogP contribution in [0.15, 0.2) is 76.0 Å². The Morgan fingerprint density at radius 3 is 2.64 bits per heavy atom. The van der Waals surface area contributed by atoms with Crippen LogP contribution in [0.2, 0.25) is 0 Å². The van der Waals surface area contributed by atoms with Gasteiger partial charge in [-0.15, -0.1) is 0 Å². The van der Waals surface area contributed by atoms with Crippen LogP contribution in [0, 0.1) is 29.1 Å². The number of hydrogen-bond acceptors (Lipinski definition) is 9. The van der Waals surface area contributed by atoms with Gasteiger partial charge in [0.2, 0.25) is 0 Å². The molecule has 9 nitrogen and oxygen atoms in total. The number of aliphatic imine (C=N–C) groups is 2. The van der Waals surface area contributed by atoms with Gasteiger partial charge in [0.1, 0.15) is 11.6 Å². The number of aliphatic hydroxyl groups excluding tert-OH is 2. The molecule has 3 N–H and O–H groups in total. The highest BCUT2D eigenvalue weighted by Gasteiger charge is 2.55. The predicted molar refractivity (Wildman–Crippen MR) is 178 cm³/mol. The lowest BCUT2D eigenvalue weighted by atomic mass is 9.50. The van der Waals surface area contributed by atoms with E-state index in [1.54, 1.807) is 12.3 Å². The lowest BCUT2D eigenvalue weighted by molar-refractivity contribution is -0.134. The summed E-state index contributed by atoms with van der Waals surface area (Å²) in [5.41, 5.74) is 2.66. The first-order chi connectivity index (χ1) is 21.4. The Bertz CT molecular complexity index is 1470. The minimum Gasteiger partial charge on any atom is -0.423 e. The van der Waals surface area contributed by atoms with Gasteiger partial charge in [0.05, 0.1) is 37.3 Å². The molecule has 2 saturated carbocycles. The summed E-state index contributed by atoms with van der Waals surface area (Å²) >= 11 is 0. The average Bonchev–Trinajstić information content (AvgIpc) is 3.65. The van der Waals surface area contributed by atoms with E-state index in [2.05, 4.69) is 28.8 Å². The quantitative estimate of drug-likeness (QED) is 0.268. The fourth-order valence-corrected chi connectivity index (χ4v) is 7.40. The lowest BCUT2D eigenvalue weighted by Gasteiger charge is -2.57. The molecule has 0 spiro atoms. The lowest BCUT2D eigenvalue weighted by Crippen LogP contribution is -2.59. The maximum absolute atomic E-state index is 13.1. The Morgan fingerprint density at radius 2 is 2.00 bits per heavy atom. The Kier molecular flexibility index (Phi) is 9.72. The van der Waals surface area contributed by atoms with Crippen molar-refractivity contribution >= 4 is 35.6 Å². The standard InChI is InChI=1S/C36H46N4O5/c1-21-15-32(43)36(4,20-41)29-18-30(39-23(3)31(42)19-33-37-13-14-38-33)22(2)28(34(21)29)12-9-25-17-27(45-35(25)44)16-24-7-10-26(11-8-24)40(5)6/h7-13,16-17,21,23,28-30,32,34,39,41,43H,2,14-15,18-20H2,1,3-6H3/b12-9+,27-16+/t21-,23?,28?,29?,30?,32-,34?,36+/m1/s1. The summed E-state index contributed by atoms with van der Waals surface area (Å²) in [7, 11) is 3.97. The molecule has 0 amide bonds. The predicted octanol–water partition coefficient (Wildman–Crippen LogP) is 4.13. The average molecular weight is 615 g/mol. The second-order valence-corrected chi connectivity index (χ2v) is 13.4. The van der Waals surface area contributed by atoms with E-state index in [1.807, 2.05) is 75.3 Å². The summed E-state index contributed by atoms with van der Waals surface area (Å²) in [5, 5.41) is 25.2. The molecule has 2 aliphatic carbocycles. The third-order valence-electron chi connectivity index (χ3n) is 10.3. The summed E-state index contributed by atoms with van der Waals surface area (Å²) in [6.07, 6.45) is 9.83. The van der Waals surface area contributed by atoms with Gasteiger partial charge in [-0.3, -0.25) is 9.79 Å². The van der Waals surface area contributed by atoms with Gasteiger partial charge in [0, 0.05) is 43.4 Å². The van der Waals surface area contributed by atoms with Crippen molar-refractivity contribution < 1.29 is 24.5 Å². The minimum atomic E-state index is -0.714. The number of amidine groups is 1. The largest absolute Gasteiger partial charge is 0.423 e. The molecular weight excluding hydrogens is 568 g/mol. The zero-order chi connectivity index (χ0) is 32.5. The van der Waals surface area contributed by atoms with Crippen molar-refractivity contribution in [2.45, 2.75) is 58.2 Å². The van der Waals surface area contributed by atoms with E-state index in [4.69, 9.17) is 4.74 Å². The van der Waals surface area contributed by atoms with E-state index >= 15 is 0 Å². The molecule has 9 heteroatoms. The topological polar surface area (TPSA) is 124 Å². The van der Waals surface area contributed by atoms with Crippen molar-refractivity contribution in [1.82, 2.24) is 5.32 Å². The Balaban J connectivity index is 1.40. The van der Waals surface area contributed by atoms with Crippen molar-refractivity contribution in [2.24, 2.45) is 39.1 Å². The molecule has 0 radical (unpaired) electrons. The van der Waals surface area contributed by atoms with Gasteiger partial charge in [-0.2, -0.15) is 0 Å². The van der Waals surface area contributed by atoms with Crippen molar-refractivity contribution in [2.75, 3.05) is 32.1 Å². The van der Waals surface area contributed by atoms with Crippen LogP contribution in [0.25, 0.3) is 6.08 Å². The number of fused-ring (bicyclic) bond motifs is 1. The van der Waals surface area contributed by atoms with Crippen molar-refractivity contribution in [1.29, 1.82) is 0 Å². The third-order valence-corrected chi connectivity index (χ3v) is 10.3. The molecule has 2 aliphatic heterocycles. The minimum absolute atomic E-state index is 0.00805. The molecule has 2 fully saturated rings. The highest BCUT2D eigenvalue weighted by atomic mass is 16.5. The summed E-state index contributed by atoms with van der Waals surface area (Å²) in [5.74, 6) is 0.636. The van der Waals surface area contributed by atoms with Gasteiger partial charge in [-0.25, -0.2) is 9.79 Å². The Morgan fingerprint density at radius 1 is 1.27 bits per heavy atom.